The van der Waals surface area contributed by atoms with Crippen LogP contribution in [0.1, 0.15) is 19.3 Å². The summed E-state index contributed by atoms with van der Waals surface area (Å²) >= 11 is 0. The summed E-state index contributed by atoms with van der Waals surface area (Å²) in [6.45, 7) is 0. The lowest BCUT2D eigenvalue weighted by Gasteiger charge is -2.30. The molecule has 2 rings (SSSR count). The van der Waals surface area contributed by atoms with Crippen LogP contribution in [0.3, 0.4) is 0 Å². The molecule has 1 aliphatic heterocycles. The van der Waals surface area contributed by atoms with Crippen LogP contribution >= 0.6 is 0 Å². The summed E-state index contributed by atoms with van der Waals surface area (Å²) in [7, 11) is 0. The highest BCUT2D eigenvalue weighted by atomic mass is 19.2. The number of rotatable bonds is 0. The average molecular weight is 175 g/mol. The van der Waals surface area contributed by atoms with Gasteiger partial charge in [0.25, 0.3) is 0 Å². The molecule has 1 saturated carbocycles. The van der Waals surface area contributed by atoms with E-state index in [0.29, 0.717) is 6.42 Å². The number of amides is 1. The van der Waals surface area contributed by atoms with Gasteiger partial charge in [0.1, 0.15) is 12.3 Å². The highest BCUT2D eigenvalue weighted by molar-refractivity contribution is 5.79. The summed E-state index contributed by atoms with van der Waals surface area (Å²) in [5.41, 5.74) is 0. The van der Waals surface area contributed by atoms with Crippen LogP contribution in [0.5, 0.6) is 0 Å². The Morgan fingerprint density at radius 1 is 1.33 bits per heavy atom. The maximum absolute atomic E-state index is 13.1. The van der Waals surface area contributed by atoms with Crippen molar-refractivity contribution in [1.82, 2.24) is 5.32 Å². The van der Waals surface area contributed by atoms with Gasteiger partial charge in [-0.05, 0) is 12.8 Å². The lowest BCUT2D eigenvalue weighted by Crippen LogP contribution is -2.42. The number of carbonyl (C=O) groups is 1. The third-order valence-electron chi connectivity index (χ3n) is 2.79. The Kier molecular flexibility index (Phi) is 1.77. The van der Waals surface area contributed by atoms with Crippen LogP contribution < -0.4 is 5.32 Å². The van der Waals surface area contributed by atoms with Gasteiger partial charge in [-0.2, -0.15) is 0 Å². The minimum Gasteiger partial charge on any atom is -0.353 e. The molecule has 4 heteroatoms. The fourth-order valence-electron chi connectivity index (χ4n) is 2.12. The zero-order valence-electron chi connectivity index (χ0n) is 6.59. The fraction of sp³-hybridized carbons (Fsp3) is 0.875. The number of nitrogens with one attached hydrogen (secondary N) is 1. The zero-order valence-corrected chi connectivity index (χ0v) is 6.59. The van der Waals surface area contributed by atoms with Crippen LogP contribution in [0.25, 0.3) is 0 Å². The molecule has 2 fully saturated rings. The van der Waals surface area contributed by atoms with Crippen molar-refractivity contribution in [3.05, 3.63) is 0 Å². The molecule has 1 aliphatic carbocycles. The highest BCUT2D eigenvalue weighted by Gasteiger charge is 2.45. The molecular formula is C8H11F2NO. The first-order valence-corrected chi connectivity index (χ1v) is 4.26. The van der Waals surface area contributed by atoms with Gasteiger partial charge < -0.3 is 5.32 Å². The van der Waals surface area contributed by atoms with Gasteiger partial charge in [0, 0.05) is 18.4 Å². The van der Waals surface area contributed by atoms with Gasteiger partial charge in [0.15, 0.2) is 0 Å². The number of alkyl halides is 2. The molecule has 68 valence electrons. The Morgan fingerprint density at radius 2 is 2.08 bits per heavy atom. The third-order valence-corrected chi connectivity index (χ3v) is 2.79. The molecule has 1 saturated heterocycles. The van der Waals surface area contributed by atoms with Gasteiger partial charge in [-0.25, -0.2) is 8.78 Å². The van der Waals surface area contributed by atoms with E-state index in [1.165, 1.54) is 0 Å². The van der Waals surface area contributed by atoms with E-state index < -0.39 is 18.3 Å². The van der Waals surface area contributed by atoms with Crippen LogP contribution in [-0.2, 0) is 4.79 Å². The van der Waals surface area contributed by atoms with E-state index in [1.807, 2.05) is 0 Å². The summed E-state index contributed by atoms with van der Waals surface area (Å²) in [6.07, 6.45) is -1.83. The number of fused-ring (bicyclic) bond motifs is 1. The fourth-order valence-corrected chi connectivity index (χ4v) is 2.12. The largest absolute Gasteiger partial charge is 0.353 e. The Morgan fingerprint density at radius 3 is 2.83 bits per heavy atom. The van der Waals surface area contributed by atoms with Crippen molar-refractivity contribution < 1.29 is 13.6 Å². The second-order valence-corrected chi connectivity index (χ2v) is 3.58. The minimum absolute atomic E-state index is 0.112. The SMILES string of the molecule is O=C1CC2C(CCC(F)C2F)N1. The molecule has 1 heterocycles. The van der Waals surface area contributed by atoms with E-state index >= 15 is 0 Å². The molecule has 0 radical (unpaired) electrons. The Bertz CT molecular complexity index is 209. The van der Waals surface area contributed by atoms with E-state index in [0.717, 1.165) is 0 Å². The molecule has 2 aliphatic rings. The number of hydrogen-bond acceptors (Lipinski definition) is 1. The van der Waals surface area contributed by atoms with Crippen molar-refractivity contribution in [3.63, 3.8) is 0 Å². The third kappa shape index (κ3) is 1.09. The van der Waals surface area contributed by atoms with Gasteiger partial charge in [-0.15, -0.1) is 0 Å². The van der Waals surface area contributed by atoms with Gasteiger partial charge in [-0.3, -0.25) is 4.79 Å². The first-order chi connectivity index (χ1) is 5.68. The quantitative estimate of drug-likeness (QED) is 0.583. The summed E-state index contributed by atoms with van der Waals surface area (Å²) in [5.74, 6) is -0.553. The van der Waals surface area contributed by atoms with Crippen LogP contribution in [0, 0.1) is 5.92 Å². The zero-order chi connectivity index (χ0) is 8.72. The maximum atomic E-state index is 13.1. The molecular weight excluding hydrogens is 164 g/mol. The summed E-state index contributed by atoms with van der Waals surface area (Å²) < 4.78 is 26.0. The van der Waals surface area contributed by atoms with Crippen molar-refractivity contribution in [1.29, 1.82) is 0 Å². The molecule has 1 amide bonds. The molecule has 4 unspecified atom stereocenters. The van der Waals surface area contributed by atoms with Crippen LogP contribution in [-0.4, -0.2) is 24.3 Å². The summed E-state index contributed by atoms with van der Waals surface area (Å²) in [5, 5.41) is 2.66. The first kappa shape index (κ1) is 7.95. The Balaban J connectivity index is 2.11. The van der Waals surface area contributed by atoms with Gasteiger partial charge in [0.2, 0.25) is 5.91 Å². The monoisotopic (exact) mass is 175 g/mol. The molecule has 1 N–H and O–H groups in total. The molecule has 0 bridgehead atoms. The van der Waals surface area contributed by atoms with Gasteiger partial charge in [0.05, 0.1) is 0 Å². The van der Waals surface area contributed by atoms with E-state index in [2.05, 4.69) is 5.32 Å². The van der Waals surface area contributed by atoms with Crippen molar-refractivity contribution in [3.8, 4) is 0 Å². The van der Waals surface area contributed by atoms with E-state index in [4.69, 9.17) is 0 Å². The molecule has 12 heavy (non-hydrogen) atoms. The second kappa shape index (κ2) is 2.68. The van der Waals surface area contributed by atoms with Crippen LogP contribution in [0.2, 0.25) is 0 Å². The minimum atomic E-state index is -1.44. The summed E-state index contributed by atoms with van der Waals surface area (Å²) in [4.78, 5) is 10.9. The summed E-state index contributed by atoms with van der Waals surface area (Å²) in [6, 6.07) is -0.112. The van der Waals surface area contributed by atoms with Crippen molar-refractivity contribution in [2.24, 2.45) is 5.92 Å². The van der Waals surface area contributed by atoms with Gasteiger partial charge >= 0.3 is 0 Å². The molecule has 2 nitrogen and oxygen atoms in total. The number of hydrogen-bond donors (Lipinski definition) is 1. The Hall–Kier alpha value is -0.670. The predicted molar refractivity (Wildman–Crippen MR) is 39.1 cm³/mol. The maximum Gasteiger partial charge on any atom is 0.220 e. The standard InChI is InChI=1S/C8H11F2NO/c9-5-1-2-6-4(8(5)10)3-7(12)11-6/h4-6,8H,1-3H2,(H,11,12). The molecule has 0 spiro atoms. The van der Waals surface area contributed by atoms with Gasteiger partial charge in [-0.1, -0.05) is 0 Å². The van der Waals surface area contributed by atoms with Crippen molar-refractivity contribution in [2.45, 2.75) is 37.6 Å². The molecule has 0 aromatic rings. The average Bonchev–Trinajstić information content (AvgIpc) is 2.39. The smallest absolute Gasteiger partial charge is 0.220 e. The van der Waals surface area contributed by atoms with Crippen LogP contribution in [0.4, 0.5) is 8.78 Å². The normalized spacial score (nSPS) is 47.0. The van der Waals surface area contributed by atoms with Crippen LogP contribution in [0.15, 0.2) is 0 Å². The Labute approximate surface area is 69.3 Å². The number of carbonyl (C=O) groups excluding carboxylic acids is 1. The van der Waals surface area contributed by atoms with E-state index in [9.17, 15) is 13.6 Å². The topological polar surface area (TPSA) is 29.1 Å². The predicted octanol–water partition coefficient (Wildman–Crippen LogP) is 0.961. The van der Waals surface area contributed by atoms with Crippen molar-refractivity contribution in [2.75, 3.05) is 0 Å². The first-order valence-electron chi connectivity index (χ1n) is 4.26. The lowest BCUT2D eigenvalue weighted by molar-refractivity contribution is -0.119. The number of halogens is 2. The van der Waals surface area contributed by atoms with E-state index in [1.54, 1.807) is 0 Å². The second-order valence-electron chi connectivity index (χ2n) is 3.58. The molecule has 0 aromatic carbocycles. The van der Waals surface area contributed by atoms with Crippen molar-refractivity contribution >= 4 is 5.91 Å². The highest BCUT2D eigenvalue weighted by Crippen LogP contribution is 2.35. The van der Waals surface area contributed by atoms with E-state index in [-0.39, 0.29) is 24.8 Å². The molecule has 4 atom stereocenters. The lowest BCUT2D eigenvalue weighted by atomic mass is 9.83. The molecule has 0 aromatic heterocycles.